The van der Waals surface area contributed by atoms with Crippen LogP contribution >= 0.6 is 7.82 Å². The lowest BCUT2D eigenvalue weighted by molar-refractivity contribution is -0.870. The zero-order valence-electron chi connectivity index (χ0n) is 43.1. The minimum atomic E-state index is -4.38. The fraction of sp³-hybridized carbons (Fsp3) is 0.603. The first-order valence-electron chi connectivity index (χ1n) is 26.1. The van der Waals surface area contributed by atoms with Crippen molar-refractivity contribution in [2.75, 3.05) is 40.9 Å². The third-order valence-corrected chi connectivity index (χ3v) is 11.6. The van der Waals surface area contributed by atoms with Crippen LogP contribution in [-0.2, 0) is 18.4 Å². The van der Waals surface area contributed by atoms with Crippen LogP contribution in [0.5, 0.6) is 0 Å². The van der Waals surface area contributed by atoms with Crippen molar-refractivity contribution in [1.29, 1.82) is 0 Å². The summed E-state index contributed by atoms with van der Waals surface area (Å²) in [5, 5.41) is 13.8. The Bertz CT molecular complexity index is 1540. The molecule has 3 atom stereocenters. The molecule has 0 heterocycles. The van der Waals surface area contributed by atoms with Gasteiger partial charge in [0.1, 0.15) is 13.2 Å². The second-order valence-electron chi connectivity index (χ2n) is 18.2. The number of unbranched alkanes of at least 4 members (excludes halogenated alkanes) is 12. The van der Waals surface area contributed by atoms with Crippen LogP contribution in [0.4, 0.5) is 0 Å². The molecule has 0 aromatic heterocycles. The molecule has 0 saturated heterocycles. The number of aliphatic hydroxyl groups excluding tert-OH is 1. The van der Waals surface area contributed by atoms with Gasteiger partial charge in [0.2, 0.25) is 5.91 Å². The Hall–Kier alpha value is -3.36. The van der Waals surface area contributed by atoms with Crippen LogP contribution in [0.15, 0.2) is 134 Å². The van der Waals surface area contributed by atoms with Crippen LogP contribution < -0.4 is 5.32 Å². The topological polar surface area (TPSA) is 105 Å². The van der Waals surface area contributed by atoms with Crippen LogP contribution in [-0.4, -0.2) is 73.4 Å². The second kappa shape index (κ2) is 47.7. The van der Waals surface area contributed by atoms with E-state index in [1.807, 2.05) is 27.2 Å². The Balaban J connectivity index is 4.47. The molecule has 0 saturated carbocycles. The van der Waals surface area contributed by atoms with Gasteiger partial charge in [0.05, 0.1) is 39.9 Å². The van der Waals surface area contributed by atoms with Crippen molar-refractivity contribution in [3.63, 3.8) is 0 Å². The third-order valence-electron chi connectivity index (χ3n) is 10.6. The Morgan fingerprint density at radius 2 is 0.910 bits per heavy atom. The van der Waals surface area contributed by atoms with Gasteiger partial charge in [-0.3, -0.25) is 13.8 Å². The van der Waals surface area contributed by atoms with Crippen molar-refractivity contribution in [3.8, 4) is 0 Å². The van der Waals surface area contributed by atoms with Gasteiger partial charge in [-0.2, -0.15) is 0 Å². The van der Waals surface area contributed by atoms with Crippen molar-refractivity contribution in [3.05, 3.63) is 134 Å². The number of phosphoric acid groups is 1. The Morgan fingerprint density at radius 1 is 0.522 bits per heavy atom. The first kappa shape index (κ1) is 63.6. The van der Waals surface area contributed by atoms with E-state index >= 15 is 0 Å². The molecule has 0 bridgehead atoms. The van der Waals surface area contributed by atoms with Gasteiger partial charge in [-0.15, -0.1) is 0 Å². The van der Waals surface area contributed by atoms with E-state index in [9.17, 15) is 19.4 Å². The summed E-state index contributed by atoms with van der Waals surface area (Å²) in [7, 11) is 1.49. The monoisotopic (exact) mass is 950 g/mol. The summed E-state index contributed by atoms with van der Waals surface area (Å²) in [6, 6.07) is -0.904. The van der Waals surface area contributed by atoms with Gasteiger partial charge in [-0.25, -0.2) is 4.57 Å². The molecule has 0 aliphatic carbocycles. The Labute approximate surface area is 411 Å². The molecule has 0 aromatic rings. The van der Waals surface area contributed by atoms with Crippen molar-refractivity contribution in [1.82, 2.24) is 5.32 Å². The molecule has 8 nitrogen and oxygen atoms in total. The number of allylic oxidation sites excluding steroid dienone is 21. The molecular weight excluding hydrogens is 852 g/mol. The van der Waals surface area contributed by atoms with Gasteiger partial charge in [0.15, 0.2) is 0 Å². The summed E-state index contributed by atoms with van der Waals surface area (Å²) < 4.78 is 23.6. The van der Waals surface area contributed by atoms with Crippen LogP contribution in [0, 0.1) is 0 Å². The molecule has 67 heavy (non-hydrogen) atoms. The highest BCUT2D eigenvalue weighted by atomic mass is 31.2. The summed E-state index contributed by atoms with van der Waals surface area (Å²) in [5.41, 5.74) is 0. The number of hydrogen-bond donors (Lipinski definition) is 3. The number of quaternary nitrogens is 1. The number of carbonyl (C=O) groups excluding carboxylic acids is 1. The largest absolute Gasteiger partial charge is 0.472 e. The fourth-order valence-corrected chi connectivity index (χ4v) is 7.26. The number of amides is 1. The molecule has 9 heteroatoms. The third kappa shape index (κ3) is 50.3. The second-order valence-corrected chi connectivity index (χ2v) is 19.6. The van der Waals surface area contributed by atoms with Crippen LogP contribution in [0.3, 0.4) is 0 Å². The van der Waals surface area contributed by atoms with E-state index in [1.54, 1.807) is 6.08 Å². The molecule has 3 N–H and O–H groups in total. The highest BCUT2D eigenvalue weighted by Gasteiger charge is 2.27. The van der Waals surface area contributed by atoms with Crippen molar-refractivity contribution in [2.24, 2.45) is 0 Å². The zero-order chi connectivity index (χ0) is 49.2. The molecule has 1 amide bonds. The molecule has 0 spiro atoms. The molecule has 3 unspecified atom stereocenters. The normalized spacial score (nSPS) is 15.1. The molecule has 0 rings (SSSR count). The number of phosphoric ester groups is 1. The van der Waals surface area contributed by atoms with E-state index in [1.165, 1.54) is 64.2 Å². The molecule has 0 aromatic carbocycles. The van der Waals surface area contributed by atoms with Crippen molar-refractivity contribution >= 4 is 13.7 Å². The lowest BCUT2D eigenvalue weighted by Gasteiger charge is -2.25. The van der Waals surface area contributed by atoms with E-state index in [-0.39, 0.29) is 25.5 Å². The Morgan fingerprint density at radius 3 is 1.37 bits per heavy atom. The average Bonchev–Trinajstić information content (AvgIpc) is 3.29. The zero-order valence-corrected chi connectivity index (χ0v) is 44.0. The number of carbonyl (C=O) groups is 1. The van der Waals surface area contributed by atoms with Crippen LogP contribution in [0.2, 0.25) is 0 Å². The van der Waals surface area contributed by atoms with Gasteiger partial charge in [-0.05, 0) is 96.3 Å². The van der Waals surface area contributed by atoms with Crippen molar-refractivity contribution in [2.45, 2.75) is 187 Å². The summed E-state index contributed by atoms with van der Waals surface area (Å²) in [4.78, 5) is 23.2. The van der Waals surface area contributed by atoms with Gasteiger partial charge in [-0.1, -0.05) is 205 Å². The number of nitrogens with zero attached hydrogens (tertiary/aromatic N) is 1. The van der Waals surface area contributed by atoms with Gasteiger partial charge in [0.25, 0.3) is 0 Å². The molecule has 0 aliphatic heterocycles. The van der Waals surface area contributed by atoms with Crippen LogP contribution in [0.1, 0.15) is 174 Å². The Kier molecular flexibility index (Phi) is 45.3. The van der Waals surface area contributed by atoms with Gasteiger partial charge < -0.3 is 19.8 Å². The minimum absolute atomic E-state index is 0.0373. The van der Waals surface area contributed by atoms with E-state index in [2.05, 4.69) is 141 Å². The molecule has 380 valence electrons. The molecule has 0 aliphatic rings. The standard InChI is InChI=1S/C58H97N2O6P/c1-6-8-10-12-14-16-18-20-22-24-25-26-27-28-29-30-31-32-33-34-35-36-38-40-42-44-46-48-50-52-58(62)59-56(55-66-67(63,64)65-54-53-60(3,4)5)57(61)51-49-47-45-43-41-39-37-23-21-19-17-15-13-11-9-7-2/h8,10,14,16,20,22,25-26,28-29,31-32,34-35,38,40-41,43-44,46,49,51,56-57,61H,6-7,9,11-13,15,17-19,21,23-24,27,30,33,36-37,39,42,45,47-48,50,52-55H2,1-5H3,(H-,59,62,63,64)/p+1/b10-8-,16-14-,22-20-,26-25-,29-28-,32-31-,35-34-,40-38-,43-41+,46-44-,51-49+. The molecular formula is C58H98N2O6P+. The number of rotatable bonds is 45. The average molecular weight is 950 g/mol. The SMILES string of the molecule is CC/C=C\C/C=C\C/C=C\C/C=C\C/C=C\C/C=C\C/C=C\C/C=C\C/C=C\CCCC(=O)NC(COP(=O)(O)OCC[N+](C)(C)C)C(O)/C=C/CC/C=C/CCCCCCCCCCCC. The highest BCUT2D eigenvalue weighted by molar-refractivity contribution is 7.47. The van der Waals surface area contributed by atoms with E-state index in [0.29, 0.717) is 17.4 Å². The summed E-state index contributed by atoms with van der Waals surface area (Å²) in [6.07, 6.45) is 72.6. The molecule has 0 radical (unpaired) electrons. The summed E-state index contributed by atoms with van der Waals surface area (Å²) in [6.45, 7) is 4.61. The van der Waals surface area contributed by atoms with Crippen molar-refractivity contribution < 1.29 is 32.9 Å². The quantitative estimate of drug-likeness (QED) is 0.0243. The predicted octanol–water partition coefficient (Wildman–Crippen LogP) is 15.6. The predicted molar refractivity (Wildman–Crippen MR) is 290 cm³/mol. The summed E-state index contributed by atoms with van der Waals surface area (Å²) in [5.74, 6) is -0.251. The fourth-order valence-electron chi connectivity index (χ4n) is 6.53. The number of aliphatic hydroxyl groups is 1. The number of likely N-dealkylation sites (N-methyl/N-ethyl adjacent to an activating group) is 1. The first-order chi connectivity index (χ1) is 32.5. The lowest BCUT2D eigenvalue weighted by Crippen LogP contribution is -2.45. The highest BCUT2D eigenvalue weighted by Crippen LogP contribution is 2.43. The maximum atomic E-state index is 12.9. The smallest absolute Gasteiger partial charge is 0.387 e. The number of nitrogens with one attached hydrogen (secondary N) is 1. The summed E-state index contributed by atoms with van der Waals surface area (Å²) >= 11 is 0. The van der Waals surface area contributed by atoms with E-state index in [0.717, 1.165) is 83.5 Å². The van der Waals surface area contributed by atoms with Crippen LogP contribution in [0.25, 0.3) is 0 Å². The first-order valence-corrected chi connectivity index (χ1v) is 27.6. The van der Waals surface area contributed by atoms with E-state index < -0.39 is 20.0 Å². The maximum absolute atomic E-state index is 12.9. The molecule has 0 fully saturated rings. The minimum Gasteiger partial charge on any atom is -0.387 e. The van der Waals surface area contributed by atoms with Gasteiger partial charge in [0, 0.05) is 6.42 Å². The maximum Gasteiger partial charge on any atom is 0.472 e. The van der Waals surface area contributed by atoms with E-state index in [4.69, 9.17) is 9.05 Å². The lowest BCUT2D eigenvalue weighted by atomic mass is 10.1. The number of hydrogen-bond acceptors (Lipinski definition) is 5. The van der Waals surface area contributed by atoms with Gasteiger partial charge >= 0.3 is 7.82 Å².